The number of carbonyl (C=O) groups is 2. The van der Waals surface area contributed by atoms with E-state index < -0.39 is 0 Å². The van der Waals surface area contributed by atoms with Crippen LogP contribution in [0.5, 0.6) is 5.75 Å². The number of halogens is 1. The lowest BCUT2D eigenvalue weighted by atomic mass is 10.2. The Kier molecular flexibility index (Phi) is 5.55. The number of nitrogens with one attached hydrogen (secondary N) is 1. The molecule has 0 bridgehead atoms. The van der Waals surface area contributed by atoms with E-state index >= 15 is 0 Å². The third kappa shape index (κ3) is 4.37. The van der Waals surface area contributed by atoms with E-state index in [1.54, 1.807) is 23.1 Å². The van der Waals surface area contributed by atoms with Crippen molar-refractivity contribution in [3.63, 3.8) is 0 Å². The molecule has 2 aliphatic rings. The summed E-state index contributed by atoms with van der Waals surface area (Å²) in [7, 11) is 0. The first-order valence-electron chi connectivity index (χ1n) is 7.94. The Morgan fingerprint density at radius 1 is 1.29 bits per heavy atom. The van der Waals surface area contributed by atoms with Gasteiger partial charge in [-0.3, -0.25) is 9.69 Å². The fourth-order valence-electron chi connectivity index (χ4n) is 2.77. The lowest BCUT2D eigenvalue weighted by Crippen LogP contribution is -2.46. The van der Waals surface area contributed by atoms with Crippen molar-refractivity contribution in [2.24, 2.45) is 0 Å². The average molecular weight is 354 g/mol. The maximum Gasteiger partial charge on any atom is 0.331 e. The number of carbonyl (C=O) groups excluding carboxylic acids is 2. The van der Waals surface area contributed by atoms with Crippen LogP contribution < -0.4 is 15.0 Å². The molecule has 1 aromatic rings. The highest BCUT2D eigenvalue weighted by Crippen LogP contribution is 2.34. The van der Waals surface area contributed by atoms with Gasteiger partial charge in [0, 0.05) is 31.2 Å². The van der Waals surface area contributed by atoms with Gasteiger partial charge in [-0.1, -0.05) is 11.6 Å². The predicted octanol–water partition coefficient (Wildman–Crippen LogP) is 0.514. The Balaban J connectivity index is 1.52. The van der Waals surface area contributed by atoms with Crippen LogP contribution in [0.25, 0.3) is 0 Å². The van der Waals surface area contributed by atoms with Gasteiger partial charge < -0.3 is 19.7 Å². The highest BCUT2D eigenvalue weighted by atomic mass is 35.5. The third-order valence-electron chi connectivity index (χ3n) is 3.99. The van der Waals surface area contributed by atoms with Gasteiger partial charge in [-0.05, 0) is 18.2 Å². The van der Waals surface area contributed by atoms with Crippen LogP contribution in [0.3, 0.4) is 0 Å². The number of hydrogen-bond acceptors (Lipinski definition) is 6. The molecular weight excluding hydrogens is 334 g/mol. The minimum Gasteiger partial charge on any atom is -0.423 e. The molecule has 8 heteroatoms. The number of benzene rings is 1. The van der Waals surface area contributed by atoms with Gasteiger partial charge in [0.25, 0.3) is 0 Å². The van der Waals surface area contributed by atoms with E-state index in [9.17, 15) is 9.59 Å². The standard InChI is InChI=1S/C16H20ClN3O4/c17-12-1-2-14-13(9-12)20(11-16(22)24-14)10-15(21)18-3-4-19-5-7-23-8-6-19/h1-2,9H,3-8,10-11H2,(H,18,21). The van der Waals surface area contributed by atoms with E-state index in [1.165, 1.54) is 0 Å². The molecule has 24 heavy (non-hydrogen) atoms. The molecule has 0 unspecified atom stereocenters. The molecule has 1 saturated heterocycles. The summed E-state index contributed by atoms with van der Waals surface area (Å²) < 4.78 is 10.5. The molecule has 0 radical (unpaired) electrons. The van der Waals surface area contributed by atoms with E-state index in [2.05, 4.69) is 10.2 Å². The van der Waals surface area contributed by atoms with Crippen molar-refractivity contribution in [2.45, 2.75) is 0 Å². The van der Waals surface area contributed by atoms with Crippen LogP contribution in [0, 0.1) is 0 Å². The smallest absolute Gasteiger partial charge is 0.331 e. The molecule has 1 N–H and O–H groups in total. The fraction of sp³-hybridized carbons (Fsp3) is 0.500. The van der Waals surface area contributed by atoms with Crippen LogP contribution in [0.2, 0.25) is 5.02 Å². The molecule has 0 saturated carbocycles. The second-order valence-corrected chi connectivity index (χ2v) is 6.18. The molecule has 2 heterocycles. The molecular formula is C16H20ClN3O4. The van der Waals surface area contributed by atoms with Gasteiger partial charge in [0.05, 0.1) is 25.4 Å². The normalized spacial score (nSPS) is 18.0. The zero-order chi connectivity index (χ0) is 16.9. The summed E-state index contributed by atoms with van der Waals surface area (Å²) in [4.78, 5) is 27.8. The number of fused-ring (bicyclic) bond motifs is 1. The van der Waals surface area contributed by atoms with Crippen LogP contribution in [-0.4, -0.2) is 69.3 Å². The SMILES string of the molecule is O=C(CN1CC(=O)Oc2ccc(Cl)cc21)NCCN1CCOCC1. The Hall–Kier alpha value is -1.83. The predicted molar refractivity (Wildman–Crippen MR) is 89.6 cm³/mol. The molecule has 1 fully saturated rings. The maximum absolute atomic E-state index is 12.2. The molecule has 0 aliphatic carbocycles. The Morgan fingerprint density at radius 3 is 2.88 bits per heavy atom. The zero-order valence-electron chi connectivity index (χ0n) is 13.3. The van der Waals surface area contributed by atoms with E-state index in [4.69, 9.17) is 21.1 Å². The van der Waals surface area contributed by atoms with E-state index in [-0.39, 0.29) is 25.0 Å². The Labute approximate surface area is 145 Å². The van der Waals surface area contributed by atoms with Crippen LogP contribution >= 0.6 is 11.6 Å². The third-order valence-corrected chi connectivity index (χ3v) is 4.23. The molecule has 3 rings (SSSR count). The number of esters is 1. The minimum absolute atomic E-state index is 0.0320. The van der Waals surface area contributed by atoms with E-state index in [0.29, 0.717) is 23.0 Å². The van der Waals surface area contributed by atoms with Gasteiger partial charge in [0.1, 0.15) is 6.54 Å². The van der Waals surface area contributed by atoms with Gasteiger partial charge in [-0.25, -0.2) is 4.79 Å². The molecule has 7 nitrogen and oxygen atoms in total. The first-order chi connectivity index (χ1) is 11.6. The molecule has 0 spiro atoms. The van der Waals surface area contributed by atoms with Crippen molar-refractivity contribution in [1.29, 1.82) is 0 Å². The second kappa shape index (κ2) is 7.83. The molecule has 130 valence electrons. The van der Waals surface area contributed by atoms with Gasteiger partial charge in [-0.2, -0.15) is 0 Å². The second-order valence-electron chi connectivity index (χ2n) is 5.75. The number of amides is 1. The first kappa shape index (κ1) is 17.0. The summed E-state index contributed by atoms with van der Waals surface area (Å²) in [5.74, 6) is -0.0911. The van der Waals surface area contributed by atoms with Crippen LogP contribution in [0.1, 0.15) is 0 Å². The summed E-state index contributed by atoms with van der Waals surface area (Å²) in [5.41, 5.74) is 0.658. The fourth-order valence-corrected chi connectivity index (χ4v) is 2.93. The topological polar surface area (TPSA) is 71.1 Å². The summed E-state index contributed by atoms with van der Waals surface area (Å²) in [6.45, 7) is 4.73. The number of anilines is 1. The number of nitrogens with zero attached hydrogens (tertiary/aromatic N) is 2. The molecule has 1 aromatic carbocycles. The maximum atomic E-state index is 12.2. The Morgan fingerprint density at radius 2 is 2.08 bits per heavy atom. The van der Waals surface area contributed by atoms with Gasteiger partial charge in [0.2, 0.25) is 5.91 Å². The van der Waals surface area contributed by atoms with Gasteiger partial charge in [0.15, 0.2) is 5.75 Å². The number of rotatable bonds is 5. The van der Waals surface area contributed by atoms with Crippen LogP contribution in [-0.2, 0) is 14.3 Å². The van der Waals surface area contributed by atoms with Gasteiger partial charge >= 0.3 is 5.97 Å². The van der Waals surface area contributed by atoms with E-state index in [0.717, 1.165) is 32.8 Å². The minimum atomic E-state index is -0.383. The summed E-state index contributed by atoms with van der Waals surface area (Å²) in [5, 5.41) is 3.42. The van der Waals surface area contributed by atoms with Gasteiger partial charge in [-0.15, -0.1) is 0 Å². The van der Waals surface area contributed by atoms with Crippen molar-refractivity contribution in [3.05, 3.63) is 23.2 Å². The zero-order valence-corrected chi connectivity index (χ0v) is 14.1. The lowest BCUT2D eigenvalue weighted by Gasteiger charge is -2.29. The lowest BCUT2D eigenvalue weighted by molar-refractivity contribution is -0.133. The number of ether oxygens (including phenoxy) is 2. The Bertz CT molecular complexity index is 619. The van der Waals surface area contributed by atoms with Crippen molar-refractivity contribution >= 4 is 29.2 Å². The largest absolute Gasteiger partial charge is 0.423 e. The summed E-state index contributed by atoms with van der Waals surface area (Å²) >= 11 is 6.00. The molecule has 1 amide bonds. The molecule has 2 aliphatic heterocycles. The summed E-state index contributed by atoms with van der Waals surface area (Å²) in [6, 6.07) is 4.99. The van der Waals surface area contributed by atoms with Crippen LogP contribution in [0.4, 0.5) is 5.69 Å². The quantitative estimate of drug-likeness (QED) is 0.614. The monoisotopic (exact) mass is 353 g/mol. The highest BCUT2D eigenvalue weighted by molar-refractivity contribution is 6.31. The van der Waals surface area contributed by atoms with Crippen molar-refractivity contribution in [2.75, 3.05) is 57.4 Å². The molecule has 0 aromatic heterocycles. The van der Waals surface area contributed by atoms with Crippen molar-refractivity contribution in [3.8, 4) is 5.75 Å². The average Bonchev–Trinajstić information content (AvgIpc) is 2.56. The summed E-state index contributed by atoms with van der Waals surface area (Å²) in [6.07, 6.45) is 0. The highest BCUT2D eigenvalue weighted by Gasteiger charge is 2.25. The van der Waals surface area contributed by atoms with Crippen molar-refractivity contribution < 1.29 is 19.1 Å². The molecule has 0 atom stereocenters. The van der Waals surface area contributed by atoms with E-state index in [1.807, 2.05) is 0 Å². The first-order valence-corrected chi connectivity index (χ1v) is 8.31. The number of hydrogen-bond donors (Lipinski definition) is 1. The van der Waals surface area contributed by atoms with Crippen molar-refractivity contribution in [1.82, 2.24) is 10.2 Å². The van der Waals surface area contributed by atoms with Crippen LogP contribution in [0.15, 0.2) is 18.2 Å². The number of morpholine rings is 1.